The Bertz CT molecular complexity index is 920. The molecule has 142 valence electrons. The van der Waals surface area contributed by atoms with Crippen LogP contribution in [0, 0.1) is 0 Å². The van der Waals surface area contributed by atoms with Gasteiger partial charge in [-0.05, 0) is 25.0 Å². The summed E-state index contributed by atoms with van der Waals surface area (Å²) in [5.74, 6) is -2.00. The third-order valence-electron chi connectivity index (χ3n) is 5.19. The quantitative estimate of drug-likeness (QED) is 0.607. The standard InChI is InChI=1S/C18H18F2N4O3/c19-17(20)24-13-9-5-4-8-12(13)21-14(24)10-22-15(25)16(26)23(18(22)27)11-6-2-1-3-7-11/h4-5,8-9,11,17H,1-3,6-7,10H2. The molecule has 2 aliphatic rings. The molecule has 1 saturated carbocycles. The van der Waals surface area contributed by atoms with Crippen molar-refractivity contribution in [3.63, 3.8) is 0 Å². The molecule has 1 saturated heterocycles. The Labute approximate surface area is 153 Å². The molecule has 4 rings (SSSR count). The Morgan fingerprint density at radius 3 is 2.44 bits per heavy atom. The van der Waals surface area contributed by atoms with Gasteiger partial charge in [-0.2, -0.15) is 8.78 Å². The van der Waals surface area contributed by atoms with E-state index in [0.717, 1.165) is 29.1 Å². The van der Waals surface area contributed by atoms with Crippen LogP contribution in [-0.4, -0.2) is 43.2 Å². The zero-order valence-corrected chi connectivity index (χ0v) is 14.5. The van der Waals surface area contributed by atoms with E-state index in [0.29, 0.717) is 22.9 Å². The molecule has 4 amide bonds. The van der Waals surface area contributed by atoms with Gasteiger partial charge in [-0.3, -0.25) is 19.1 Å². The van der Waals surface area contributed by atoms with Crippen molar-refractivity contribution in [2.45, 2.75) is 51.2 Å². The van der Waals surface area contributed by atoms with Gasteiger partial charge in [-0.25, -0.2) is 14.7 Å². The third kappa shape index (κ3) is 2.87. The Balaban J connectivity index is 1.65. The monoisotopic (exact) mass is 376 g/mol. The largest absolute Gasteiger partial charge is 0.334 e. The summed E-state index contributed by atoms with van der Waals surface area (Å²) in [6.45, 7) is -3.35. The number of urea groups is 1. The van der Waals surface area contributed by atoms with Crippen molar-refractivity contribution in [3.05, 3.63) is 30.1 Å². The fraction of sp³-hybridized carbons (Fsp3) is 0.444. The number of para-hydroxylation sites is 2. The number of alkyl halides is 2. The second-order valence-electron chi connectivity index (χ2n) is 6.81. The van der Waals surface area contributed by atoms with Gasteiger partial charge in [0, 0.05) is 6.04 Å². The first-order valence-electron chi connectivity index (χ1n) is 8.92. The Hall–Kier alpha value is -2.84. The van der Waals surface area contributed by atoms with E-state index in [-0.39, 0.29) is 17.4 Å². The smallest absolute Gasteiger partial charge is 0.269 e. The second kappa shape index (κ2) is 6.71. The number of carbonyl (C=O) groups is 3. The van der Waals surface area contributed by atoms with Gasteiger partial charge in [0.25, 0.3) is 0 Å². The van der Waals surface area contributed by atoms with Crippen molar-refractivity contribution in [2.75, 3.05) is 0 Å². The van der Waals surface area contributed by atoms with Crippen molar-refractivity contribution in [1.82, 2.24) is 19.4 Å². The Morgan fingerprint density at radius 2 is 1.74 bits per heavy atom. The SMILES string of the molecule is O=C1C(=O)N(C2CCCCC2)C(=O)N1Cc1nc2ccccc2n1C(F)F. The molecule has 1 aromatic carbocycles. The summed E-state index contributed by atoms with van der Waals surface area (Å²) in [6.07, 6.45) is 4.12. The normalized spacial score (nSPS) is 19.1. The van der Waals surface area contributed by atoms with Crippen LogP contribution in [-0.2, 0) is 16.1 Å². The van der Waals surface area contributed by atoms with Gasteiger partial charge in [0.05, 0.1) is 17.6 Å². The number of amides is 4. The van der Waals surface area contributed by atoms with E-state index in [1.807, 2.05) is 0 Å². The van der Waals surface area contributed by atoms with Crippen molar-refractivity contribution >= 4 is 28.9 Å². The first kappa shape index (κ1) is 17.6. The fourth-order valence-corrected chi connectivity index (χ4v) is 3.89. The number of aromatic nitrogens is 2. The molecule has 1 aliphatic heterocycles. The minimum Gasteiger partial charge on any atom is -0.269 e. The van der Waals surface area contributed by atoms with E-state index < -0.39 is 30.9 Å². The number of benzene rings is 1. The predicted octanol–water partition coefficient (Wildman–Crippen LogP) is 3.05. The molecule has 0 atom stereocenters. The maximum Gasteiger partial charge on any atom is 0.334 e. The molecule has 2 fully saturated rings. The number of hydrogen-bond acceptors (Lipinski definition) is 4. The minimum atomic E-state index is -2.88. The Morgan fingerprint density at radius 1 is 1.04 bits per heavy atom. The number of fused-ring (bicyclic) bond motifs is 1. The maximum absolute atomic E-state index is 13.6. The summed E-state index contributed by atoms with van der Waals surface area (Å²) in [7, 11) is 0. The van der Waals surface area contributed by atoms with Crippen LogP contribution in [0.2, 0.25) is 0 Å². The molecule has 2 heterocycles. The summed E-state index contributed by atoms with van der Waals surface area (Å²) in [6, 6.07) is 5.28. The van der Waals surface area contributed by atoms with Gasteiger partial charge in [0.1, 0.15) is 5.82 Å². The van der Waals surface area contributed by atoms with E-state index in [4.69, 9.17) is 0 Å². The van der Waals surface area contributed by atoms with Gasteiger partial charge in [0.2, 0.25) is 0 Å². The molecule has 9 heteroatoms. The van der Waals surface area contributed by atoms with E-state index >= 15 is 0 Å². The number of imide groups is 2. The summed E-state index contributed by atoms with van der Waals surface area (Å²) in [5.41, 5.74) is 0.541. The van der Waals surface area contributed by atoms with Crippen LogP contribution in [0.3, 0.4) is 0 Å². The molecule has 2 aromatic rings. The number of nitrogens with zero attached hydrogens (tertiary/aromatic N) is 4. The lowest BCUT2D eigenvalue weighted by Crippen LogP contribution is -2.42. The molecule has 1 aliphatic carbocycles. The fourth-order valence-electron chi connectivity index (χ4n) is 3.89. The topological polar surface area (TPSA) is 75.5 Å². The van der Waals surface area contributed by atoms with E-state index in [1.165, 1.54) is 6.07 Å². The van der Waals surface area contributed by atoms with E-state index in [9.17, 15) is 23.2 Å². The van der Waals surface area contributed by atoms with E-state index in [2.05, 4.69) is 4.98 Å². The van der Waals surface area contributed by atoms with Crippen molar-refractivity contribution < 1.29 is 23.2 Å². The number of imidazole rings is 1. The molecule has 0 spiro atoms. The lowest BCUT2D eigenvalue weighted by Gasteiger charge is -2.28. The highest BCUT2D eigenvalue weighted by Crippen LogP contribution is 2.29. The van der Waals surface area contributed by atoms with E-state index in [1.54, 1.807) is 18.2 Å². The third-order valence-corrected chi connectivity index (χ3v) is 5.19. The highest BCUT2D eigenvalue weighted by Gasteiger charge is 2.48. The summed E-state index contributed by atoms with van der Waals surface area (Å²) in [4.78, 5) is 43.3. The first-order chi connectivity index (χ1) is 13.0. The summed E-state index contributed by atoms with van der Waals surface area (Å²) >= 11 is 0. The molecular weight excluding hydrogens is 358 g/mol. The van der Waals surface area contributed by atoms with Crippen LogP contribution in [0.1, 0.15) is 44.5 Å². The average molecular weight is 376 g/mol. The van der Waals surface area contributed by atoms with Crippen molar-refractivity contribution in [1.29, 1.82) is 0 Å². The Kier molecular flexibility index (Phi) is 4.37. The summed E-state index contributed by atoms with van der Waals surface area (Å²) in [5, 5.41) is 0. The average Bonchev–Trinajstić information content (AvgIpc) is 3.13. The number of rotatable bonds is 4. The second-order valence-corrected chi connectivity index (χ2v) is 6.81. The van der Waals surface area contributed by atoms with Gasteiger partial charge < -0.3 is 0 Å². The highest BCUT2D eigenvalue weighted by atomic mass is 19.3. The van der Waals surface area contributed by atoms with Crippen LogP contribution in [0.4, 0.5) is 13.6 Å². The molecule has 0 radical (unpaired) electrons. The lowest BCUT2D eigenvalue weighted by molar-refractivity contribution is -0.144. The molecule has 27 heavy (non-hydrogen) atoms. The minimum absolute atomic E-state index is 0.133. The number of hydrogen-bond donors (Lipinski definition) is 0. The van der Waals surface area contributed by atoms with Gasteiger partial charge in [-0.1, -0.05) is 31.4 Å². The van der Waals surface area contributed by atoms with Gasteiger partial charge in [0.15, 0.2) is 0 Å². The predicted molar refractivity (Wildman–Crippen MR) is 90.7 cm³/mol. The van der Waals surface area contributed by atoms with Crippen LogP contribution < -0.4 is 0 Å². The molecule has 1 aromatic heterocycles. The van der Waals surface area contributed by atoms with Crippen molar-refractivity contribution in [2.24, 2.45) is 0 Å². The van der Waals surface area contributed by atoms with Crippen LogP contribution >= 0.6 is 0 Å². The van der Waals surface area contributed by atoms with Gasteiger partial charge in [-0.15, -0.1) is 0 Å². The maximum atomic E-state index is 13.6. The van der Waals surface area contributed by atoms with Crippen LogP contribution in [0.25, 0.3) is 11.0 Å². The first-order valence-corrected chi connectivity index (χ1v) is 8.92. The molecule has 0 N–H and O–H groups in total. The highest BCUT2D eigenvalue weighted by molar-refractivity contribution is 6.44. The molecular formula is C18H18F2N4O3. The molecule has 7 nitrogen and oxygen atoms in total. The molecule has 0 unspecified atom stereocenters. The zero-order valence-electron chi connectivity index (χ0n) is 14.5. The molecule has 0 bridgehead atoms. The number of carbonyl (C=O) groups excluding carboxylic acids is 3. The van der Waals surface area contributed by atoms with Crippen LogP contribution in [0.5, 0.6) is 0 Å². The zero-order chi connectivity index (χ0) is 19.1. The van der Waals surface area contributed by atoms with Crippen LogP contribution in [0.15, 0.2) is 24.3 Å². The van der Waals surface area contributed by atoms with Gasteiger partial charge >= 0.3 is 24.4 Å². The van der Waals surface area contributed by atoms with Crippen molar-refractivity contribution in [3.8, 4) is 0 Å². The summed E-state index contributed by atoms with van der Waals surface area (Å²) < 4.78 is 27.8. The number of halogens is 2. The lowest BCUT2D eigenvalue weighted by atomic mass is 9.94.